The molecule has 8 heteroatoms. The number of hydrogen-bond donors (Lipinski definition) is 1. The van der Waals surface area contributed by atoms with Crippen LogP contribution >= 0.6 is 0 Å². The first-order valence-corrected chi connectivity index (χ1v) is 11.4. The normalized spacial score (nSPS) is 11.1. The van der Waals surface area contributed by atoms with Crippen molar-refractivity contribution in [1.29, 1.82) is 0 Å². The maximum Gasteiger partial charge on any atom is 0.310 e. The summed E-state index contributed by atoms with van der Waals surface area (Å²) in [7, 11) is 1.86. The van der Waals surface area contributed by atoms with Gasteiger partial charge in [0.2, 0.25) is 0 Å². The second-order valence-corrected chi connectivity index (χ2v) is 8.18. The van der Waals surface area contributed by atoms with E-state index in [-0.39, 0.29) is 19.0 Å². The molecule has 2 aromatic carbocycles. The van der Waals surface area contributed by atoms with E-state index < -0.39 is 0 Å². The highest BCUT2D eigenvalue weighted by molar-refractivity contribution is 5.95. The number of aryl methyl sites for hydroxylation is 1. The monoisotopic (exact) mass is 467 g/mol. The Morgan fingerprint density at radius 3 is 2.71 bits per heavy atom. The van der Waals surface area contributed by atoms with Crippen LogP contribution in [0.5, 0.6) is 5.75 Å². The van der Waals surface area contributed by atoms with Crippen LogP contribution in [0.4, 0.5) is 5.82 Å². The van der Waals surface area contributed by atoms with Crippen molar-refractivity contribution in [3.63, 3.8) is 0 Å². The third kappa shape index (κ3) is 4.50. The largest absolute Gasteiger partial charge is 0.487 e. The fourth-order valence-corrected chi connectivity index (χ4v) is 4.15. The van der Waals surface area contributed by atoms with Gasteiger partial charge in [0.1, 0.15) is 23.9 Å². The fourth-order valence-electron chi connectivity index (χ4n) is 4.15. The molecule has 2 N–H and O–H groups in total. The highest BCUT2D eigenvalue weighted by Crippen LogP contribution is 2.29. The van der Waals surface area contributed by atoms with Gasteiger partial charge < -0.3 is 15.2 Å². The van der Waals surface area contributed by atoms with Crippen LogP contribution < -0.4 is 10.5 Å². The molecule has 0 aliphatic rings. The number of nitrogens with two attached hydrogens (primary N) is 1. The Kier molecular flexibility index (Phi) is 6.01. The van der Waals surface area contributed by atoms with Crippen LogP contribution in [0.2, 0.25) is 0 Å². The van der Waals surface area contributed by atoms with Crippen molar-refractivity contribution in [2.24, 2.45) is 7.05 Å². The van der Waals surface area contributed by atoms with E-state index in [4.69, 9.17) is 15.2 Å². The van der Waals surface area contributed by atoms with Gasteiger partial charge in [0.25, 0.3) is 0 Å². The van der Waals surface area contributed by atoms with Crippen molar-refractivity contribution in [2.45, 2.75) is 20.0 Å². The second-order valence-electron chi connectivity index (χ2n) is 8.18. The molecule has 5 aromatic rings. The van der Waals surface area contributed by atoms with E-state index >= 15 is 0 Å². The maximum absolute atomic E-state index is 12.0. The number of para-hydroxylation sites is 1. The molecule has 35 heavy (non-hydrogen) atoms. The number of hydrogen-bond acceptors (Lipinski definition) is 7. The standard InChI is InChI=1S/C27H25N5O3/c1-3-34-25(33)14-19-6-4-5-7-24(19)35-16-23-22-13-20(15-30-27(22)32(2)31-23)18-9-8-17-10-11-29-26(28)21(17)12-18/h4-13,15H,3,14,16H2,1-2H3,(H2,28,29). The average molecular weight is 468 g/mol. The molecule has 3 aromatic heterocycles. The maximum atomic E-state index is 12.0. The minimum atomic E-state index is -0.285. The van der Waals surface area contributed by atoms with E-state index in [0.29, 0.717) is 18.2 Å². The molecule has 0 saturated heterocycles. The predicted octanol–water partition coefficient (Wildman–Crippen LogP) is 4.45. The van der Waals surface area contributed by atoms with Gasteiger partial charge in [-0.05, 0) is 42.1 Å². The number of fused-ring (bicyclic) bond motifs is 2. The molecule has 0 saturated carbocycles. The SMILES string of the molecule is CCOC(=O)Cc1ccccc1OCc1nn(C)c2ncc(-c3ccc4ccnc(N)c4c3)cc12. The van der Waals surface area contributed by atoms with Crippen molar-refractivity contribution in [3.05, 3.63) is 78.2 Å². The first-order chi connectivity index (χ1) is 17.0. The quantitative estimate of drug-likeness (QED) is 0.353. The van der Waals surface area contributed by atoms with E-state index in [0.717, 1.165) is 44.2 Å². The van der Waals surface area contributed by atoms with E-state index in [1.807, 2.05) is 61.8 Å². The Bertz CT molecular complexity index is 1540. The van der Waals surface area contributed by atoms with Crippen molar-refractivity contribution in [1.82, 2.24) is 19.7 Å². The highest BCUT2D eigenvalue weighted by Gasteiger charge is 2.15. The number of carbonyl (C=O) groups is 1. The summed E-state index contributed by atoms with van der Waals surface area (Å²) in [6.07, 6.45) is 3.69. The van der Waals surface area contributed by atoms with Crippen molar-refractivity contribution < 1.29 is 14.3 Å². The lowest BCUT2D eigenvalue weighted by atomic mass is 10.0. The van der Waals surface area contributed by atoms with Crippen LogP contribution in [0.3, 0.4) is 0 Å². The van der Waals surface area contributed by atoms with E-state index in [2.05, 4.69) is 21.1 Å². The fraction of sp³-hybridized carbons (Fsp3) is 0.185. The van der Waals surface area contributed by atoms with Crippen LogP contribution in [0.25, 0.3) is 32.9 Å². The van der Waals surface area contributed by atoms with E-state index in [1.54, 1.807) is 17.8 Å². The summed E-state index contributed by atoms with van der Waals surface area (Å²) in [5, 5.41) is 7.46. The number of anilines is 1. The Labute approximate surface area is 202 Å². The summed E-state index contributed by atoms with van der Waals surface area (Å²) in [6.45, 7) is 2.37. The average Bonchev–Trinajstić information content (AvgIpc) is 3.18. The van der Waals surface area contributed by atoms with Crippen LogP contribution in [0.1, 0.15) is 18.2 Å². The second kappa shape index (κ2) is 9.42. The van der Waals surface area contributed by atoms with E-state index in [9.17, 15) is 4.79 Å². The summed E-state index contributed by atoms with van der Waals surface area (Å²) in [4.78, 5) is 20.8. The third-order valence-corrected chi connectivity index (χ3v) is 5.86. The number of aromatic nitrogens is 4. The molecule has 0 fully saturated rings. The lowest BCUT2D eigenvalue weighted by Crippen LogP contribution is -2.09. The Balaban J connectivity index is 1.45. The molecule has 0 aliphatic heterocycles. The predicted molar refractivity (Wildman–Crippen MR) is 135 cm³/mol. The Morgan fingerprint density at radius 2 is 1.86 bits per heavy atom. The molecule has 0 bridgehead atoms. The molecule has 0 unspecified atom stereocenters. The smallest absolute Gasteiger partial charge is 0.310 e. The minimum Gasteiger partial charge on any atom is -0.487 e. The number of nitrogen functional groups attached to an aromatic ring is 1. The molecule has 0 radical (unpaired) electrons. The summed E-state index contributed by atoms with van der Waals surface area (Å²) in [6, 6.07) is 17.6. The number of carbonyl (C=O) groups excluding carboxylic acids is 1. The van der Waals surface area contributed by atoms with Gasteiger partial charge in [0, 0.05) is 41.3 Å². The molecule has 0 amide bonds. The molecular weight excluding hydrogens is 442 g/mol. The van der Waals surface area contributed by atoms with Gasteiger partial charge in [-0.25, -0.2) is 9.97 Å². The Hall–Kier alpha value is -4.46. The van der Waals surface area contributed by atoms with Crippen LogP contribution in [0, 0.1) is 0 Å². The summed E-state index contributed by atoms with van der Waals surface area (Å²) >= 11 is 0. The molecule has 0 atom stereocenters. The first-order valence-electron chi connectivity index (χ1n) is 11.4. The van der Waals surface area contributed by atoms with Crippen molar-refractivity contribution in [2.75, 3.05) is 12.3 Å². The van der Waals surface area contributed by atoms with Crippen molar-refractivity contribution in [3.8, 4) is 16.9 Å². The number of pyridine rings is 2. The molecule has 3 heterocycles. The number of esters is 1. The van der Waals surface area contributed by atoms with Crippen molar-refractivity contribution >= 4 is 33.6 Å². The lowest BCUT2D eigenvalue weighted by Gasteiger charge is -2.10. The number of ether oxygens (including phenoxy) is 2. The summed E-state index contributed by atoms with van der Waals surface area (Å²) in [5.74, 6) is 0.836. The van der Waals surface area contributed by atoms with Gasteiger partial charge in [-0.2, -0.15) is 5.10 Å². The lowest BCUT2D eigenvalue weighted by molar-refractivity contribution is -0.142. The highest BCUT2D eigenvalue weighted by atomic mass is 16.5. The molecule has 0 spiro atoms. The van der Waals surface area contributed by atoms with Gasteiger partial charge >= 0.3 is 5.97 Å². The van der Waals surface area contributed by atoms with Gasteiger partial charge in [0.15, 0.2) is 5.65 Å². The summed E-state index contributed by atoms with van der Waals surface area (Å²) < 4.78 is 12.9. The number of nitrogens with zero attached hydrogens (tertiary/aromatic N) is 4. The van der Waals surface area contributed by atoms with Crippen LogP contribution in [-0.4, -0.2) is 32.3 Å². The molecule has 176 valence electrons. The topological polar surface area (TPSA) is 105 Å². The molecule has 5 rings (SSSR count). The number of benzene rings is 2. The van der Waals surface area contributed by atoms with Crippen LogP contribution in [0.15, 0.2) is 67.0 Å². The minimum absolute atomic E-state index is 0.151. The molecule has 0 aliphatic carbocycles. The first kappa shape index (κ1) is 22.3. The van der Waals surface area contributed by atoms with Gasteiger partial charge in [0.05, 0.1) is 13.0 Å². The Morgan fingerprint density at radius 1 is 1.03 bits per heavy atom. The third-order valence-electron chi connectivity index (χ3n) is 5.86. The number of rotatable bonds is 7. The summed E-state index contributed by atoms with van der Waals surface area (Å²) in [5.41, 5.74) is 10.3. The zero-order chi connectivity index (χ0) is 24.4. The zero-order valence-corrected chi connectivity index (χ0v) is 19.6. The molecule has 8 nitrogen and oxygen atoms in total. The van der Waals surface area contributed by atoms with Gasteiger partial charge in [-0.15, -0.1) is 0 Å². The van der Waals surface area contributed by atoms with Gasteiger partial charge in [-0.1, -0.05) is 30.3 Å². The van der Waals surface area contributed by atoms with E-state index in [1.165, 1.54) is 0 Å². The van der Waals surface area contributed by atoms with Gasteiger partial charge in [-0.3, -0.25) is 9.48 Å². The zero-order valence-electron chi connectivity index (χ0n) is 19.6. The molecular formula is C27H25N5O3. The van der Waals surface area contributed by atoms with Crippen LogP contribution in [-0.2, 0) is 29.6 Å².